The van der Waals surface area contributed by atoms with E-state index in [0.29, 0.717) is 29.1 Å². The molecule has 5 heteroatoms. The van der Waals surface area contributed by atoms with Crippen molar-refractivity contribution in [3.05, 3.63) is 108 Å². The van der Waals surface area contributed by atoms with E-state index in [1.807, 2.05) is 66.7 Å². The summed E-state index contributed by atoms with van der Waals surface area (Å²) < 4.78 is 5.29. The van der Waals surface area contributed by atoms with Crippen molar-refractivity contribution in [2.24, 2.45) is 0 Å². The largest absolute Gasteiger partial charge is 0.497 e. The first-order valence-corrected chi connectivity index (χ1v) is 10.4. The summed E-state index contributed by atoms with van der Waals surface area (Å²) in [6.07, 6.45) is 0.724. The van der Waals surface area contributed by atoms with Crippen LogP contribution >= 0.6 is 0 Å². The maximum absolute atomic E-state index is 12.9. The Balaban J connectivity index is 1.51. The number of rotatable bonds is 7. The van der Waals surface area contributed by atoms with Crippen molar-refractivity contribution in [3.8, 4) is 5.75 Å². The number of nitrogens with one attached hydrogen (secondary N) is 2. The van der Waals surface area contributed by atoms with Crippen molar-refractivity contribution in [3.63, 3.8) is 0 Å². The van der Waals surface area contributed by atoms with E-state index in [9.17, 15) is 9.59 Å². The number of ether oxygens (including phenoxy) is 1. The van der Waals surface area contributed by atoms with Crippen LogP contribution < -0.4 is 15.4 Å². The Kier molecular flexibility index (Phi) is 6.46. The van der Waals surface area contributed by atoms with E-state index in [2.05, 4.69) is 10.6 Å². The molecule has 0 spiro atoms. The average Bonchev–Trinajstić information content (AvgIpc) is 2.84. The fourth-order valence-corrected chi connectivity index (χ4v) is 3.54. The minimum atomic E-state index is -0.289. The van der Waals surface area contributed by atoms with Crippen molar-refractivity contribution in [1.29, 1.82) is 0 Å². The number of benzene rings is 4. The molecule has 0 aliphatic heterocycles. The summed E-state index contributed by atoms with van der Waals surface area (Å²) in [5, 5.41) is 7.84. The number of carbonyl (C=O) groups excluding carboxylic acids is 2. The predicted octanol–water partition coefficient (Wildman–Crippen LogP) is 5.07. The Labute approximate surface area is 187 Å². The first kappa shape index (κ1) is 21.1. The lowest BCUT2D eigenvalue weighted by molar-refractivity contribution is 0.0955. The van der Waals surface area contributed by atoms with Gasteiger partial charge in [0.2, 0.25) is 0 Å². The van der Waals surface area contributed by atoms with Gasteiger partial charge < -0.3 is 15.4 Å². The van der Waals surface area contributed by atoms with Crippen LogP contribution in [0, 0.1) is 0 Å². The van der Waals surface area contributed by atoms with E-state index < -0.39 is 0 Å². The van der Waals surface area contributed by atoms with Crippen LogP contribution in [0.15, 0.2) is 91.0 Å². The molecule has 0 unspecified atom stereocenters. The molecule has 0 heterocycles. The molecule has 0 aliphatic rings. The summed E-state index contributed by atoms with van der Waals surface area (Å²) in [6.45, 7) is 0.493. The molecule has 0 fully saturated rings. The molecule has 0 saturated carbocycles. The van der Waals surface area contributed by atoms with Gasteiger partial charge in [0.05, 0.1) is 18.4 Å². The fourth-order valence-electron chi connectivity index (χ4n) is 3.54. The highest BCUT2D eigenvalue weighted by Crippen LogP contribution is 2.24. The second-order valence-corrected chi connectivity index (χ2v) is 7.42. The third-order valence-corrected chi connectivity index (χ3v) is 5.27. The molecule has 0 radical (unpaired) electrons. The summed E-state index contributed by atoms with van der Waals surface area (Å²) in [7, 11) is 1.55. The molecule has 4 rings (SSSR count). The molecule has 5 nitrogen and oxygen atoms in total. The Morgan fingerprint density at radius 1 is 0.781 bits per heavy atom. The standard InChI is InChI=1S/C27H24N2O3/c1-32-23-13-14-24(27(31)28-16-15-19-7-3-2-4-8-19)25(18-23)29-26(30)22-12-11-20-9-5-6-10-21(20)17-22/h2-14,17-18H,15-16H2,1H3,(H,28,31)(H,29,30). The molecule has 0 bridgehead atoms. The van der Waals surface area contributed by atoms with Crippen molar-refractivity contribution in [2.75, 3.05) is 19.0 Å². The zero-order chi connectivity index (χ0) is 22.3. The van der Waals surface area contributed by atoms with E-state index in [1.165, 1.54) is 0 Å². The number of amides is 2. The second kappa shape index (κ2) is 9.79. The van der Waals surface area contributed by atoms with Gasteiger partial charge in [-0.3, -0.25) is 9.59 Å². The highest BCUT2D eigenvalue weighted by molar-refractivity contribution is 6.10. The van der Waals surface area contributed by atoms with E-state index in [0.717, 1.165) is 22.8 Å². The van der Waals surface area contributed by atoms with Gasteiger partial charge in [-0.05, 0) is 47.0 Å². The van der Waals surface area contributed by atoms with Gasteiger partial charge >= 0.3 is 0 Å². The van der Waals surface area contributed by atoms with Gasteiger partial charge in [0.15, 0.2) is 0 Å². The lowest BCUT2D eigenvalue weighted by atomic mass is 10.1. The maximum atomic E-state index is 12.9. The number of hydrogen-bond acceptors (Lipinski definition) is 3. The smallest absolute Gasteiger partial charge is 0.255 e. The van der Waals surface area contributed by atoms with Gasteiger partial charge in [-0.25, -0.2) is 0 Å². The lowest BCUT2D eigenvalue weighted by Gasteiger charge is -2.13. The second-order valence-electron chi connectivity index (χ2n) is 7.42. The van der Waals surface area contributed by atoms with Crippen LogP contribution in [0.4, 0.5) is 5.69 Å². The normalized spacial score (nSPS) is 10.5. The molecule has 2 N–H and O–H groups in total. The van der Waals surface area contributed by atoms with E-state index in [4.69, 9.17) is 4.74 Å². The zero-order valence-corrected chi connectivity index (χ0v) is 17.8. The zero-order valence-electron chi connectivity index (χ0n) is 17.8. The molecular formula is C27H24N2O3. The molecule has 0 atom stereocenters. The van der Waals surface area contributed by atoms with Crippen molar-refractivity contribution < 1.29 is 14.3 Å². The first-order valence-electron chi connectivity index (χ1n) is 10.4. The molecule has 160 valence electrons. The van der Waals surface area contributed by atoms with Gasteiger partial charge in [0.1, 0.15) is 5.75 Å². The predicted molar refractivity (Wildman–Crippen MR) is 127 cm³/mol. The van der Waals surface area contributed by atoms with E-state index in [-0.39, 0.29) is 11.8 Å². The number of carbonyl (C=O) groups is 2. The molecule has 4 aromatic carbocycles. The molecule has 4 aromatic rings. The van der Waals surface area contributed by atoms with Crippen molar-refractivity contribution in [2.45, 2.75) is 6.42 Å². The van der Waals surface area contributed by atoms with Crippen LogP contribution in [0.25, 0.3) is 10.8 Å². The maximum Gasteiger partial charge on any atom is 0.255 e. The molecule has 0 saturated heterocycles. The lowest BCUT2D eigenvalue weighted by Crippen LogP contribution is -2.27. The third-order valence-electron chi connectivity index (χ3n) is 5.27. The highest BCUT2D eigenvalue weighted by Gasteiger charge is 2.16. The monoisotopic (exact) mass is 424 g/mol. The number of anilines is 1. The van der Waals surface area contributed by atoms with Crippen LogP contribution in [0.5, 0.6) is 5.75 Å². The van der Waals surface area contributed by atoms with Gasteiger partial charge in [0.25, 0.3) is 11.8 Å². The third kappa shape index (κ3) is 4.95. The number of fused-ring (bicyclic) bond motifs is 1. The molecule has 32 heavy (non-hydrogen) atoms. The summed E-state index contributed by atoms with van der Waals surface area (Å²) in [5.74, 6) is 0.0133. The van der Waals surface area contributed by atoms with Crippen LogP contribution in [-0.4, -0.2) is 25.5 Å². The van der Waals surface area contributed by atoms with Crippen LogP contribution in [-0.2, 0) is 6.42 Å². The van der Waals surface area contributed by atoms with E-state index in [1.54, 1.807) is 31.4 Å². The van der Waals surface area contributed by atoms with Crippen molar-refractivity contribution in [1.82, 2.24) is 5.32 Å². The number of methoxy groups -OCH3 is 1. The van der Waals surface area contributed by atoms with Crippen LogP contribution in [0.2, 0.25) is 0 Å². The summed E-state index contributed by atoms with van der Waals surface area (Å²) in [4.78, 5) is 25.8. The minimum Gasteiger partial charge on any atom is -0.497 e. The Bertz CT molecular complexity index is 1250. The molecule has 2 amide bonds. The Morgan fingerprint density at radius 2 is 1.53 bits per heavy atom. The van der Waals surface area contributed by atoms with Crippen molar-refractivity contribution >= 4 is 28.3 Å². The topological polar surface area (TPSA) is 67.4 Å². The van der Waals surface area contributed by atoms with Crippen LogP contribution in [0.3, 0.4) is 0 Å². The molecule has 0 aromatic heterocycles. The van der Waals surface area contributed by atoms with Gasteiger partial charge in [0, 0.05) is 18.2 Å². The summed E-state index contributed by atoms with van der Waals surface area (Å²) >= 11 is 0. The molecule has 0 aliphatic carbocycles. The van der Waals surface area contributed by atoms with Gasteiger partial charge in [-0.15, -0.1) is 0 Å². The Hall–Kier alpha value is -4.12. The first-order chi connectivity index (χ1) is 15.6. The summed E-state index contributed by atoms with van der Waals surface area (Å²) in [6, 6.07) is 28.4. The number of hydrogen-bond donors (Lipinski definition) is 2. The van der Waals surface area contributed by atoms with Crippen LogP contribution in [0.1, 0.15) is 26.3 Å². The average molecular weight is 425 g/mol. The fraction of sp³-hybridized carbons (Fsp3) is 0.111. The SMILES string of the molecule is COc1ccc(C(=O)NCCc2ccccc2)c(NC(=O)c2ccc3ccccc3c2)c1. The van der Waals surface area contributed by atoms with Gasteiger partial charge in [-0.1, -0.05) is 60.7 Å². The quantitative estimate of drug-likeness (QED) is 0.435. The minimum absolute atomic E-state index is 0.252. The Morgan fingerprint density at radius 3 is 2.31 bits per heavy atom. The van der Waals surface area contributed by atoms with Gasteiger partial charge in [-0.2, -0.15) is 0 Å². The molecular weight excluding hydrogens is 400 g/mol. The highest BCUT2D eigenvalue weighted by atomic mass is 16.5. The van der Waals surface area contributed by atoms with E-state index >= 15 is 0 Å². The summed E-state index contributed by atoms with van der Waals surface area (Å²) in [5.41, 5.74) is 2.45.